The molecule has 1 aromatic heterocycles. The van der Waals surface area contributed by atoms with Gasteiger partial charge < -0.3 is 10.1 Å². The first-order valence-corrected chi connectivity index (χ1v) is 9.41. The molecule has 0 aliphatic rings. The number of para-hydroxylation sites is 1. The molecule has 25 heavy (non-hydrogen) atoms. The SMILES string of the molecule is CNC(=O)COC(=O)c1ccccc1CSc1nc2ccccc2s1. The van der Waals surface area contributed by atoms with E-state index in [2.05, 4.69) is 10.3 Å². The minimum atomic E-state index is -0.496. The van der Waals surface area contributed by atoms with E-state index in [1.54, 1.807) is 35.2 Å². The lowest BCUT2D eigenvalue weighted by Gasteiger charge is -2.08. The molecule has 128 valence electrons. The van der Waals surface area contributed by atoms with Gasteiger partial charge in [-0.2, -0.15) is 0 Å². The average molecular weight is 372 g/mol. The smallest absolute Gasteiger partial charge is 0.338 e. The van der Waals surface area contributed by atoms with Crippen LogP contribution in [0.3, 0.4) is 0 Å². The highest BCUT2D eigenvalue weighted by Crippen LogP contribution is 2.32. The van der Waals surface area contributed by atoms with E-state index in [-0.39, 0.29) is 12.5 Å². The minimum Gasteiger partial charge on any atom is -0.452 e. The summed E-state index contributed by atoms with van der Waals surface area (Å²) < 4.78 is 7.14. The van der Waals surface area contributed by atoms with Crippen LogP contribution >= 0.6 is 23.1 Å². The summed E-state index contributed by atoms with van der Waals surface area (Å²) in [5, 5.41) is 2.42. The maximum absolute atomic E-state index is 12.2. The van der Waals surface area contributed by atoms with E-state index in [0.717, 1.165) is 20.1 Å². The molecule has 0 unspecified atom stereocenters. The van der Waals surface area contributed by atoms with Crippen LogP contribution < -0.4 is 5.32 Å². The van der Waals surface area contributed by atoms with Crippen LogP contribution in [0.25, 0.3) is 10.2 Å². The zero-order valence-electron chi connectivity index (χ0n) is 13.5. The Bertz CT molecular complexity index is 875. The van der Waals surface area contributed by atoms with E-state index in [1.807, 2.05) is 36.4 Å². The summed E-state index contributed by atoms with van der Waals surface area (Å²) in [4.78, 5) is 28.0. The van der Waals surface area contributed by atoms with Crippen molar-refractivity contribution in [3.63, 3.8) is 0 Å². The number of hydrogen-bond donors (Lipinski definition) is 1. The number of benzene rings is 2. The van der Waals surface area contributed by atoms with Crippen molar-refractivity contribution in [2.75, 3.05) is 13.7 Å². The number of fused-ring (bicyclic) bond motifs is 1. The van der Waals surface area contributed by atoms with E-state index in [9.17, 15) is 9.59 Å². The van der Waals surface area contributed by atoms with Crippen molar-refractivity contribution >= 4 is 45.2 Å². The van der Waals surface area contributed by atoms with Crippen LogP contribution in [0.15, 0.2) is 52.9 Å². The zero-order chi connectivity index (χ0) is 17.6. The summed E-state index contributed by atoms with van der Waals surface area (Å²) in [5.41, 5.74) is 2.31. The third-order valence-corrected chi connectivity index (χ3v) is 5.70. The quantitative estimate of drug-likeness (QED) is 0.530. The molecule has 0 saturated heterocycles. The second-order valence-corrected chi connectivity index (χ2v) is 7.40. The van der Waals surface area contributed by atoms with Gasteiger partial charge in [-0.25, -0.2) is 9.78 Å². The molecular weight excluding hydrogens is 356 g/mol. The molecule has 0 aliphatic heterocycles. The Morgan fingerprint density at radius 2 is 1.92 bits per heavy atom. The molecule has 0 bridgehead atoms. The maximum atomic E-state index is 12.2. The molecule has 1 heterocycles. The molecule has 0 spiro atoms. The molecule has 0 radical (unpaired) electrons. The monoisotopic (exact) mass is 372 g/mol. The molecule has 1 N–H and O–H groups in total. The van der Waals surface area contributed by atoms with Crippen LogP contribution in [-0.4, -0.2) is 30.5 Å². The predicted octanol–water partition coefficient (Wildman–Crippen LogP) is 3.49. The number of aromatic nitrogens is 1. The highest BCUT2D eigenvalue weighted by Gasteiger charge is 2.14. The second-order valence-electron chi connectivity index (χ2n) is 5.14. The van der Waals surface area contributed by atoms with Crippen molar-refractivity contribution in [2.24, 2.45) is 0 Å². The predicted molar refractivity (Wildman–Crippen MR) is 100.0 cm³/mol. The molecular formula is C18H16N2O3S2. The number of carbonyl (C=O) groups excluding carboxylic acids is 2. The highest BCUT2D eigenvalue weighted by atomic mass is 32.2. The average Bonchev–Trinajstić information content (AvgIpc) is 3.07. The number of amides is 1. The summed E-state index contributed by atoms with van der Waals surface area (Å²) in [5.74, 6) is -0.232. The van der Waals surface area contributed by atoms with Crippen molar-refractivity contribution in [1.29, 1.82) is 0 Å². The normalized spacial score (nSPS) is 10.6. The van der Waals surface area contributed by atoms with Gasteiger partial charge in [-0.05, 0) is 23.8 Å². The van der Waals surface area contributed by atoms with Gasteiger partial charge in [-0.15, -0.1) is 11.3 Å². The first kappa shape index (κ1) is 17.4. The summed E-state index contributed by atoms with van der Waals surface area (Å²) in [6, 6.07) is 15.2. The van der Waals surface area contributed by atoms with Crippen LogP contribution in [0.1, 0.15) is 15.9 Å². The van der Waals surface area contributed by atoms with E-state index < -0.39 is 5.97 Å². The van der Waals surface area contributed by atoms with Gasteiger partial charge in [0.05, 0.1) is 15.8 Å². The van der Waals surface area contributed by atoms with Crippen LogP contribution in [0.4, 0.5) is 0 Å². The highest BCUT2D eigenvalue weighted by molar-refractivity contribution is 8.00. The van der Waals surface area contributed by atoms with Gasteiger partial charge in [0.15, 0.2) is 10.9 Å². The number of thioether (sulfide) groups is 1. The zero-order valence-corrected chi connectivity index (χ0v) is 15.2. The summed E-state index contributed by atoms with van der Waals surface area (Å²) in [6.45, 7) is -0.283. The Morgan fingerprint density at radius 1 is 1.16 bits per heavy atom. The molecule has 0 fully saturated rings. The van der Waals surface area contributed by atoms with E-state index >= 15 is 0 Å². The first-order chi connectivity index (χ1) is 12.2. The van der Waals surface area contributed by atoms with Crippen LogP contribution in [-0.2, 0) is 15.3 Å². The van der Waals surface area contributed by atoms with Crippen LogP contribution in [0, 0.1) is 0 Å². The third-order valence-electron chi connectivity index (χ3n) is 3.48. The topological polar surface area (TPSA) is 68.3 Å². The van der Waals surface area contributed by atoms with E-state index in [1.165, 1.54) is 7.05 Å². The number of hydrogen-bond acceptors (Lipinski definition) is 6. The van der Waals surface area contributed by atoms with Gasteiger partial charge in [0.1, 0.15) is 0 Å². The molecule has 3 aromatic rings. The molecule has 3 rings (SSSR count). The van der Waals surface area contributed by atoms with Gasteiger partial charge in [-0.1, -0.05) is 42.1 Å². The number of likely N-dealkylation sites (N-methyl/N-ethyl adjacent to an activating group) is 1. The Balaban J connectivity index is 1.70. The number of esters is 1. The fourth-order valence-corrected chi connectivity index (χ4v) is 4.25. The van der Waals surface area contributed by atoms with Gasteiger partial charge in [0, 0.05) is 12.8 Å². The fourth-order valence-electron chi connectivity index (χ4n) is 2.18. The molecule has 0 atom stereocenters. The molecule has 2 aromatic carbocycles. The lowest BCUT2D eigenvalue weighted by Crippen LogP contribution is -2.25. The van der Waals surface area contributed by atoms with Gasteiger partial charge in [0.2, 0.25) is 0 Å². The Hall–Kier alpha value is -2.38. The first-order valence-electron chi connectivity index (χ1n) is 7.61. The Labute approximate surface area is 153 Å². The molecule has 0 aliphatic carbocycles. The number of nitrogens with one attached hydrogen (secondary N) is 1. The number of ether oxygens (including phenoxy) is 1. The van der Waals surface area contributed by atoms with Gasteiger partial charge in [0.25, 0.3) is 5.91 Å². The number of nitrogens with zero attached hydrogens (tertiary/aromatic N) is 1. The summed E-state index contributed by atoms with van der Waals surface area (Å²) >= 11 is 3.21. The van der Waals surface area contributed by atoms with Crippen molar-refractivity contribution in [2.45, 2.75) is 10.1 Å². The molecule has 1 amide bonds. The maximum Gasteiger partial charge on any atom is 0.338 e. The van der Waals surface area contributed by atoms with Crippen molar-refractivity contribution in [1.82, 2.24) is 10.3 Å². The largest absolute Gasteiger partial charge is 0.452 e. The summed E-state index contributed by atoms with van der Waals surface area (Å²) in [7, 11) is 1.50. The third kappa shape index (κ3) is 4.37. The number of thiazole rings is 1. The molecule has 0 saturated carbocycles. The standard InChI is InChI=1S/C18H16N2O3S2/c1-19-16(21)10-23-17(22)13-7-3-2-6-12(13)11-24-18-20-14-8-4-5-9-15(14)25-18/h2-9H,10-11H2,1H3,(H,19,21). The van der Waals surface area contributed by atoms with Crippen molar-refractivity contribution < 1.29 is 14.3 Å². The van der Waals surface area contributed by atoms with Gasteiger partial charge >= 0.3 is 5.97 Å². The summed E-state index contributed by atoms with van der Waals surface area (Å²) in [6.07, 6.45) is 0. The van der Waals surface area contributed by atoms with Crippen molar-refractivity contribution in [3.05, 3.63) is 59.7 Å². The number of rotatable bonds is 6. The van der Waals surface area contributed by atoms with E-state index in [0.29, 0.717) is 11.3 Å². The van der Waals surface area contributed by atoms with Crippen LogP contribution in [0.5, 0.6) is 0 Å². The molecule has 7 heteroatoms. The number of carbonyl (C=O) groups is 2. The van der Waals surface area contributed by atoms with Crippen LogP contribution in [0.2, 0.25) is 0 Å². The Morgan fingerprint density at radius 3 is 2.72 bits per heavy atom. The lowest BCUT2D eigenvalue weighted by molar-refractivity contribution is -0.123. The van der Waals surface area contributed by atoms with Crippen molar-refractivity contribution in [3.8, 4) is 0 Å². The van der Waals surface area contributed by atoms with Gasteiger partial charge in [-0.3, -0.25) is 4.79 Å². The Kier molecular flexibility index (Phi) is 5.67. The lowest BCUT2D eigenvalue weighted by atomic mass is 10.1. The minimum absolute atomic E-state index is 0.283. The van der Waals surface area contributed by atoms with E-state index in [4.69, 9.17) is 4.74 Å². The molecule has 5 nitrogen and oxygen atoms in total. The second kappa shape index (κ2) is 8.13. The fraction of sp³-hybridized carbons (Fsp3) is 0.167.